The summed E-state index contributed by atoms with van der Waals surface area (Å²) < 4.78 is 0. The van der Waals surface area contributed by atoms with E-state index in [0.717, 1.165) is 0 Å². The standard InChI is InChI=1S/C13H25N3O2.ClH/c1-10(14)8-12(17)15-6-7-16-13(18)9-11-4-2-3-5-11;/h10-11H,2-9,14H2,1H3,(H,15,17)(H,16,18);1H. The van der Waals surface area contributed by atoms with Crippen LogP contribution in [0.15, 0.2) is 0 Å². The zero-order valence-corrected chi connectivity index (χ0v) is 12.4. The number of halogens is 1. The van der Waals surface area contributed by atoms with Gasteiger partial charge in [-0.1, -0.05) is 12.8 Å². The maximum atomic E-state index is 11.6. The molecule has 1 unspecified atom stereocenters. The molecule has 0 bridgehead atoms. The number of rotatable bonds is 7. The molecule has 1 fully saturated rings. The average molecular weight is 292 g/mol. The quantitative estimate of drug-likeness (QED) is 0.611. The maximum Gasteiger partial charge on any atom is 0.221 e. The molecule has 2 amide bonds. The van der Waals surface area contributed by atoms with E-state index < -0.39 is 0 Å². The largest absolute Gasteiger partial charge is 0.354 e. The fourth-order valence-corrected chi connectivity index (χ4v) is 2.32. The van der Waals surface area contributed by atoms with Crippen molar-refractivity contribution in [2.45, 2.75) is 51.5 Å². The molecular weight excluding hydrogens is 266 g/mol. The molecule has 1 atom stereocenters. The summed E-state index contributed by atoms with van der Waals surface area (Å²) in [6, 6.07) is -0.123. The molecule has 0 spiro atoms. The smallest absolute Gasteiger partial charge is 0.221 e. The Morgan fingerprint density at radius 1 is 1.16 bits per heavy atom. The van der Waals surface area contributed by atoms with Crippen molar-refractivity contribution in [2.75, 3.05) is 13.1 Å². The first-order valence-corrected chi connectivity index (χ1v) is 6.87. The fraction of sp³-hybridized carbons (Fsp3) is 0.846. The number of amides is 2. The molecule has 0 saturated heterocycles. The topological polar surface area (TPSA) is 84.2 Å². The molecule has 0 heterocycles. The van der Waals surface area contributed by atoms with Gasteiger partial charge in [0.2, 0.25) is 11.8 Å². The van der Waals surface area contributed by atoms with Gasteiger partial charge in [0, 0.05) is 32.0 Å². The summed E-state index contributed by atoms with van der Waals surface area (Å²) >= 11 is 0. The van der Waals surface area contributed by atoms with Crippen molar-refractivity contribution in [2.24, 2.45) is 11.7 Å². The number of carbonyl (C=O) groups excluding carboxylic acids is 2. The predicted octanol–water partition coefficient (Wildman–Crippen LogP) is 0.958. The van der Waals surface area contributed by atoms with E-state index in [2.05, 4.69) is 10.6 Å². The Morgan fingerprint density at radius 2 is 1.68 bits per heavy atom. The first-order chi connectivity index (χ1) is 8.58. The van der Waals surface area contributed by atoms with Crippen LogP contribution in [0.1, 0.15) is 45.4 Å². The highest BCUT2D eigenvalue weighted by Crippen LogP contribution is 2.27. The normalized spacial score (nSPS) is 16.5. The molecule has 0 aromatic carbocycles. The monoisotopic (exact) mass is 291 g/mol. The Balaban J connectivity index is 0.00000324. The summed E-state index contributed by atoms with van der Waals surface area (Å²) in [7, 11) is 0. The van der Waals surface area contributed by atoms with E-state index in [1.165, 1.54) is 25.7 Å². The van der Waals surface area contributed by atoms with Gasteiger partial charge in [-0.3, -0.25) is 9.59 Å². The molecule has 112 valence electrons. The van der Waals surface area contributed by atoms with Gasteiger partial charge in [0.05, 0.1) is 0 Å². The lowest BCUT2D eigenvalue weighted by Crippen LogP contribution is -2.36. The Labute approximate surface area is 121 Å². The molecule has 0 radical (unpaired) electrons. The van der Waals surface area contributed by atoms with Gasteiger partial charge in [-0.2, -0.15) is 0 Å². The van der Waals surface area contributed by atoms with Crippen LogP contribution in [0.3, 0.4) is 0 Å². The van der Waals surface area contributed by atoms with Crippen molar-refractivity contribution in [3.8, 4) is 0 Å². The minimum absolute atomic E-state index is 0. The van der Waals surface area contributed by atoms with E-state index in [1.807, 2.05) is 0 Å². The number of nitrogens with two attached hydrogens (primary N) is 1. The van der Waals surface area contributed by atoms with Gasteiger partial charge in [-0.15, -0.1) is 12.4 Å². The third-order valence-electron chi connectivity index (χ3n) is 3.23. The Hall–Kier alpha value is -0.810. The first kappa shape index (κ1) is 18.2. The lowest BCUT2D eigenvalue weighted by Gasteiger charge is -2.10. The van der Waals surface area contributed by atoms with Crippen LogP contribution in [0.25, 0.3) is 0 Å². The molecule has 1 saturated carbocycles. The summed E-state index contributed by atoms with van der Waals surface area (Å²) in [5, 5.41) is 5.56. The van der Waals surface area contributed by atoms with Gasteiger partial charge < -0.3 is 16.4 Å². The van der Waals surface area contributed by atoms with Gasteiger partial charge in [0.25, 0.3) is 0 Å². The van der Waals surface area contributed by atoms with Crippen LogP contribution in [0.4, 0.5) is 0 Å². The molecule has 6 heteroatoms. The van der Waals surface area contributed by atoms with Crippen molar-refractivity contribution in [3.63, 3.8) is 0 Å². The van der Waals surface area contributed by atoms with Gasteiger partial charge >= 0.3 is 0 Å². The van der Waals surface area contributed by atoms with E-state index in [4.69, 9.17) is 5.73 Å². The first-order valence-electron chi connectivity index (χ1n) is 6.87. The van der Waals surface area contributed by atoms with E-state index >= 15 is 0 Å². The van der Waals surface area contributed by atoms with Gasteiger partial charge in [-0.25, -0.2) is 0 Å². The average Bonchev–Trinajstić information content (AvgIpc) is 2.76. The summed E-state index contributed by atoms with van der Waals surface area (Å²) in [6.45, 7) is 2.77. The summed E-state index contributed by atoms with van der Waals surface area (Å²) in [6.07, 6.45) is 5.83. The van der Waals surface area contributed by atoms with Crippen LogP contribution in [-0.2, 0) is 9.59 Å². The summed E-state index contributed by atoms with van der Waals surface area (Å²) in [5.74, 6) is 0.607. The molecule has 5 nitrogen and oxygen atoms in total. The second kappa shape index (κ2) is 10.0. The zero-order valence-electron chi connectivity index (χ0n) is 11.6. The molecule has 1 aliphatic rings. The molecule has 0 aliphatic heterocycles. The summed E-state index contributed by atoms with van der Waals surface area (Å²) in [4.78, 5) is 22.9. The second-order valence-corrected chi connectivity index (χ2v) is 5.24. The van der Waals surface area contributed by atoms with Crippen LogP contribution in [0.5, 0.6) is 0 Å². The van der Waals surface area contributed by atoms with Gasteiger partial charge in [0.1, 0.15) is 0 Å². The van der Waals surface area contributed by atoms with Crippen LogP contribution < -0.4 is 16.4 Å². The minimum atomic E-state index is -0.123. The SMILES string of the molecule is CC(N)CC(=O)NCCNC(=O)CC1CCCC1.Cl. The molecular formula is C13H26ClN3O2. The summed E-state index contributed by atoms with van der Waals surface area (Å²) in [5.41, 5.74) is 5.51. The van der Waals surface area contributed by atoms with Crippen molar-refractivity contribution in [1.82, 2.24) is 10.6 Å². The highest BCUT2D eigenvalue weighted by atomic mass is 35.5. The number of hydrogen-bond acceptors (Lipinski definition) is 3. The highest BCUT2D eigenvalue weighted by molar-refractivity contribution is 5.85. The third-order valence-corrected chi connectivity index (χ3v) is 3.23. The number of carbonyl (C=O) groups is 2. The maximum absolute atomic E-state index is 11.6. The zero-order chi connectivity index (χ0) is 13.4. The van der Waals surface area contributed by atoms with E-state index in [9.17, 15) is 9.59 Å². The second-order valence-electron chi connectivity index (χ2n) is 5.24. The lowest BCUT2D eigenvalue weighted by atomic mass is 10.0. The highest BCUT2D eigenvalue weighted by Gasteiger charge is 2.17. The number of hydrogen-bond donors (Lipinski definition) is 3. The molecule has 4 N–H and O–H groups in total. The van der Waals surface area contributed by atoms with Crippen LogP contribution in [0, 0.1) is 5.92 Å². The Kier molecular flexibility index (Phi) is 9.61. The van der Waals surface area contributed by atoms with E-state index in [0.29, 0.717) is 31.8 Å². The van der Waals surface area contributed by atoms with Crippen molar-refractivity contribution in [1.29, 1.82) is 0 Å². The minimum Gasteiger partial charge on any atom is -0.354 e. The third kappa shape index (κ3) is 8.83. The Morgan fingerprint density at radius 3 is 2.21 bits per heavy atom. The van der Waals surface area contributed by atoms with E-state index in [1.54, 1.807) is 6.92 Å². The lowest BCUT2D eigenvalue weighted by molar-refractivity contribution is -0.123. The molecule has 1 aliphatic carbocycles. The van der Waals surface area contributed by atoms with Crippen LogP contribution >= 0.6 is 12.4 Å². The molecule has 0 aromatic rings. The van der Waals surface area contributed by atoms with Crippen molar-refractivity contribution >= 4 is 24.2 Å². The van der Waals surface area contributed by atoms with Crippen LogP contribution in [0.2, 0.25) is 0 Å². The van der Waals surface area contributed by atoms with Crippen LogP contribution in [-0.4, -0.2) is 30.9 Å². The molecule has 19 heavy (non-hydrogen) atoms. The van der Waals surface area contributed by atoms with Crippen molar-refractivity contribution < 1.29 is 9.59 Å². The molecule has 1 rings (SSSR count). The van der Waals surface area contributed by atoms with Crippen molar-refractivity contribution in [3.05, 3.63) is 0 Å². The van der Waals surface area contributed by atoms with Gasteiger partial charge in [0.15, 0.2) is 0 Å². The van der Waals surface area contributed by atoms with Gasteiger partial charge in [-0.05, 0) is 25.7 Å². The Bertz CT molecular complexity index is 279. The predicted molar refractivity (Wildman–Crippen MR) is 78.1 cm³/mol. The van der Waals surface area contributed by atoms with E-state index in [-0.39, 0.29) is 30.3 Å². The number of nitrogens with one attached hydrogen (secondary N) is 2. The molecule has 0 aromatic heterocycles. The fourth-order valence-electron chi connectivity index (χ4n) is 2.32.